The molecule has 2 fully saturated rings. The average Bonchev–Trinajstić information content (AvgIpc) is 3.95. The molecule has 6 aromatic rings. The van der Waals surface area contributed by atoms with Crippen molar-refractivity contribution in [2.45, 2.75) is 133 Å². The smallest absolute Gasteiger partial charge is 1.00 e. The van der Waals surface area contributed by atoms with Gasteiger partial charge in [-0.05, 0) is 0 Å². The number of hydrogen-bond acceptors (Lipinski definition) is 6. The van der Waals surface area contributed by atoms with Crippen molar-refractivity contribution < 1.29 is 51.1 Å². The van der Waals surface area contributed by atoms with Crippen LogP contribution < -0.4 is 53.9 Å². The summed E-state index contributed by atoms with van der Waals surface area (Å²) in [6.07, 6.45) is -0.0871. The van der Waals surface area contributed by atoms with Gasteiger partial charge in [-0.3, -0.25) is 0 Å². The Kier molecular flexibility index (Phi) is 23.7. The standard InChI is InChI=1S/2C33H43N3O3PS.2ClH/c2*1-21(2)39-30-12-11-29(41(37,38)34(9)10)19-28(30)20-40-33-35(31-24(5)15-22(3)16-25(31)6)13-14-36(33)32-26(7)17-23(4)18-27(32)8;;/h2*11-12,15-21H,13-14H2,1-10H3;2*1H/q2*+1;;/p-2. The Morgan fingerprint density at radius 1 is 0.405 bits per heavy atom. The molecule has 452 valence electrons. The van der Waals surface area contributed by atoms with Crippen LogP contribution in [0.4, 0.5) is 22.7 Å². The van der Waals surface area contributed by atoms with E-state index in [2.05, 4.69) is 163 Å². The van der Waals surface area contributed by atoms with Crippen molar-refractivity contribution in [2.24, 2.45) is 0 Å². The van der Waals surface area contributed by atoms with Crippen molar-refractivity contribution in [2.75, 3.05) is 74.0 Å². The zero-order valence-electron chi connectivity index (χ0n) is 52.8. The number of nitrogens with zero attached hydrogens (tertiary/aromatic N) is 6. The number of hydrogen-bond donors (Lipinski definition) is 0. The van der Waals surface area contributed by atoms with Crippen LogP contribution in [0.5, 0.6) is 11.5 Å². The van der Waals surface area contributed by atoms with E-state index < -0.39 is 20.0 Å². The van der Waals surface area contributed by atoms with Gasteiger partial charge in [0.1, 0.15) is 0 Å². The maximum Gasteiger partial charge on any atom is -1.00 e. The summed E-state index contributed by atoms with van der Waals surface area (Å²) in [7, 11) is 0.916. The minimum atomic E-state index is -3.59. The molecule has 0 unspecified atom stereocenters. The molecular formula is C66H86Cl2N6O6P2S2. The number of sulfonamides is 2. The Bertz CT molecular complexity index is 3340. The summed E-state index contributed by atoms with van der Waals surface area (Å²) in [5.41, 5.74) is 23.8. The fourth-order valence-electron chi connectivity index (χ4n) is 11.6. The summed E-state index contributed by atoms with van der Waals surface area (Å²) in [4.78, 5) is 10.2. The molecule has 0 radical (unpaired) electrons. The topological polar surface area (TPSA) is 106 Å². The fraction of sp³-hybridized carbons (Fsp3) is 0.394. The molecular weight excluding hydrogens is 1170 g/mol. The van der Waals surface area contributed by atoms with Gasteiger partial charge < -0.3 is 24.8 Å². The molecule has 0 bridgehead atoms. The quantitative estimate of drug-likeness (QED) is 0.102. The van der Waals surface area contributed by atoms with E-state index in [4.69, 9.17) is 9.47 Å². The van der Waals surface area contributed by atoms with Crippen LogP contribution in [0.15, 0.2) is 94.7 Å². The Hall–Kier alpha value is -5.14. The zero-order valence-corrected chi connectivity index (χ0v) is 57.8. The van der Waals surface area contributed by atoms with E-state index in [1.807, 2.05) is 27.7 Å². The average molecular weight is 1260 g/mol. The normalized spacial score (nSPS) is 13.6. The molecule has 0 aromatic heterocycles. The van der Waals surface area contributed by atoms with Crippen LogP contribution in [0, 0.1) is 83.1 Å². The second-order valence-corrected chi connectivity index (χ2v) is 29.2. The first-order valence-corrected chi connectivity index (χ1v) is 32.9. The van der Waals surface area contributed by atoms with Gasteiger partial charge in [-0.2, -0.15) is 0 Å². The van der Waals surface area contributed by atoms with Gasteiger partial charge in [0, 0.05) is 0 Å². The second kappa shape index (κ2) is 28.6. The van der Waals surface area contributed by atoms with Crippen LogP contribution in [0.25, 0.3) is 0 Å². The molecule has 0 amide bonds. The van der Waals surface area contributed by atoms with Gasteiger partial charge in [0.15, 0.2) is 0 Å². The van der Waals surface area contributed by atoms with Crippen LogP contribution in [0.3, 0.4) is 0 Å². The Morgan fingerprint density at radius 3 is 0.833 bits per heavy atom. The molecule has 2 heterocycles. The molecule has 12 nitrogen and oxygen atoms in total. The van der Waals surface area contributed by atoms with Gasteiger partial charge in [-0.25, -0.2) is 0 Å². The van der Waals surface area contributed by atoms with E-state index in [0.29, 0.717) is 11.5 Å². The Labute approximate surface area is 518 Å². The van der Waals surface area contributed by atoms with E-state index in [9.17, 15) is 16.8 Å². The van der Waals surface area contributed by atoms with Gasteiger partial charge in [0.25, 0.3) is 0 Å². The van der Waals surface area contributed by atoms with Gasteiger partial charge in [-0.15, -0.1) is 0 Å². The second-order valence-electron chi connectivity index (χ2n) is 23.0. The predicted octanol–water partition coefficient (Wildman–Crippen LogP) is 7.58. The number of halogens is 2. The SMILES string of the molecule is Cc1cc(C)c(N2CCN(c3c(C)cc(C)cc3C)C2=[P+]=Cc2cc(S(=O)(=O)N(C)C)ccc2OC(C)C)c(C)c1.Cc1cc(C)c(N2CCN(c3c(C)cc(C)cc3C)C2=[P+]=Cc2cc(S(=O)(=O)N(C)C)ccc2OC(C)C)c(C)c1.[Cl-].[Cl-]. The molecule has 0 atom stereocenters. The summed E-state index contributed by atoms with van der Waals surface area (Å²) < 4.78 is 66.8. The summed E-state index contributed by atoms with van der Waals surface area (Å²) in [5, 5.41) is 0. The molecule has 0 spiro atoms. The van der Waals surface area contributed by atoms with Crippen molar-refractivity contribution >= 4 is 81.1 Å². The first kappa shape index (κ1) is 69.6. The summed E-state index contributed by atoms with van der Waals surface area (Å²) in [6.45, 7) is 37.4. The van der Waals surface area contributed by atoms with Gasteiger partial charge in [-0.1, -0.05) is 0 Å². The monoisotopic (exact) mass is 1250 g/mol. The zero-order chi connectivity index (χ0) is 60.4. The molecule has 6 aromatic carbocycles. The number of benzene rings is 6. The van der Waals surface area contributed by atoms with Crippen molar-refractivity contribution in [1.82, 2.24) is 8.61 Å². The summed E-state index contributed by atoms with van der Waals surface area (Å²) in [5.74, 6) is 5.52. The van der Waals surface area contributed by atoms with E-state index in [-0.39, 0.29) is 46.8 Å². The van der Waals surface area contributed by atoms with E-state index >= 15 is 0 Å². The van der Waals surface area contributed by atoms with Gasteiger partial charge in [0.05, 0.1) is 0 Å². The third-order valence-corrected chi connectivity index (χ3v) is 20.4. The summed E-state index contributed by atoms with van der Waals surface area (Å²) in [6, 6.07) is 28.2. The van der Waals surface area contributed by atoms with Gasteiger partial charge in [0.2, 0.25) is 0 Å². The minimum Gasteiger partial charge on any atom is -1.00 e. The number of anilines is 4. The van der Waals surface area contributed by atoms with Crippen LogP contribution >= 0.6 is 15.7 Å². The van der Waals surface area contributed by atoms with E-state index in [1.54, 1.807) is 64.6 Å². The number of rotatable bonds is 14. The van der Waals surface area contributed by atoms with Gasteiger partial charge >= 0.3 is 497 Å². The molecule has 0 saturated carbocycles. The molecule has 84 heavy (non-hydrogen) atoms. The summed E-state index contributed by atoms with van der Waals surface area (Å²) >= 11 is 0. The first-order valence-electron chi connectivity index (χ1n) is 28.1. The molecule has 2 saturated heterocycles. The molecule has 0 N–H and O–H groups in total. The van der Waals surface area contributed by atoms with E-state index in [1.165, 1.54) is 98.1 Å². The minimum absolute atomic E-state index is 0. The maximum absolute atomic E-state index is 13.0. The Morgan fingerprint density at radius 2 is 0.631 bits per heavy atom. The third-order valence-electron chi connectivity index (χ3n) is 14.6. The number of aryl methyl sites for hydroxylation is 12. The van der Waals surface area contributed by atoms with E-state index in [0.717, 1.165) is 64.0 Å². The molecule has 0 aliphatic carbocycles. The number of ether oxygens (including phenoxy) is 2. The van der Waals surface area contributed by atoms with Crippen molar-refractivity contribution in [3.05, 3.63) is 163 Å². The Balaban J connectivity index is 0.000000300. The van der Waals surface area contributed by atoms with Crippen LogP contribution in [-0.4, -0.2) is 115 Å². The van der Waals surface area contributed by atoms with Crippen molar-refractivity contribution in [1.29, 1.82) is 0 Å². The van der Waals surface area contributed by atoms with Crippen LogP contribution in [0.2, 0.25) is 0 Å². The molecule has 2 aliphatic heterocycles. The van der Waals surface area contributed by atoms with Crippen molar-refractivity contribution in [3.8, 4) is 11.5 Å². The van der Waals surface area contributed by atoms with Crippen molar-refractivity contribution in [3.63, 3.8) is 0 Å². The molecule has 2 aliphatic rings. The third kappa shape index (κ3) is 15.5. The first-order chi connectivity index (χ1) is 38.4. The van der Waals surface area contributed by atoms with Crippen LogP contribution in [-0.2, 0) is 20.0 Å². The predicted molar refractivity (Wildman–Crippen MR) is 352 cm³/mol. The molecule has 8 rings (SSSR count). The largest absolute Gasteiger partial charge is 1.00 e. The maximum atomic E-state index is 13.0. The fourth-order valence-corrected chi connectivity index (χ4v) is 15.7. The molecule has 18 heteroatoms. The van der Waals surface area contributed by atoms with Crippen LogP contribution in [0.1, 0.15) is 106 Å².